The first-order chi connectivity index (χ1) is 8.62. The molecule has 0 saturated carbocycles. The number of fused-ring (bicyclic) bond motifs is 1. The first-order valence-corrected chi connectivity index (χ1v) is 7.12. The van der Waals surface area contributed by atoms with E-state index in [0.29, 0.717) is 11.1 Å². The lowest BCUT2D eigenvalue weighted by Crippen LogP contribution is -2.16. The number of hydrogen-bond donors (Lipinski definition) is 0. The molecule has 98 valence electrons. The molecular weight excluding hydrogens is 257 g/mol. The molecule has 6 nitrogen and oxygen atoms in total. The van der Waals surface area contributed by atoms with E-state index in [1.807, 2.05) is 0 Å². The van der Waals surface area contributed by atoms with Crippen molar-refractivity contribution in [1.82, 2.24) is 4.34 Å². The standard InChI is InChI=1S/C11H14NO5P/c1-3-15-18(14,16-4-2)12-9-7-5-6-8-10(9)17-11(12)13/h5-8H,3-4H2,1-2H3. The number of benzene rings is 1. The van der Waals surface area contributed by atoms with Crippen LogP contribution < -0.4 is 5.76 Å². The molecule has 0 atom stereocenters. The lowest BCUT2D eigenvalue weighted by Gasteiger charge is -2.16. The van der Waals surface area contributed by atoms with Gasteiger partial charge in [0.05, 0.1) is 13.2 Å². The lowest BCUT2D eigenvalue weighted by molar-refractivity contribution is 0.211. The molecule has 0 aliphatic rings. The quantitative estimate of drug-likeness (QED) is 0.782. The Balaban J connectivity index is 2.68. The molecule has 0 bridgehead atoms. The highest BCUT2D eigenvalue weighted by molar-refractivity contribution is 7.52. The zero-order valence-electron chi connectivity index (χ0n) is 10.2. The molecular formula is C11H14NO5P. The fourth-order valence-corrected chi connectivity index (χ4v) is 3.29. The van der Waals surface area contributed by atoms with Crippen molar-refractivity contribution in [2.24, 2.45) is 0 Å². The van der Waals surface area contributed by atoms with Gasteiger partial charge in [-0.15, -0.1) is 0 Å². The normalized spacial score (nSPS) is 12.1. The van der Waals surface area contributed by atoms with Gasteiger partial charge in [-0.1, -0.05) is 12.1 Å². The first-order valence-electron chi connectivity index (χ1n) is 5.63. The maximum atomic E-state index is 12.6. The van der Waals surface area contributed by atoms with Crippen LogP contribution in [0.2, 0.25) is 0 Å². The zero-order chi connectivity index (χ0) is 13.2. The van der Waals surface area contributed by atoms with Gasteiger partial charge in [0, 0.05) is 0 Å². The average molecular weight is 271 g/mol. The van der Waals surface area contributed by atoms with Gasteiger partial charge in [0.2, 0.25) is 0 Å². The maximum Gasteiger partial charge on any atom is 0.444 e. The summed E-state index contributed by atoms with van der Waals surface area (Å²) >= 11 is 0. The second-order valence-corrected chi connectivity index (χ2v) is 5.31. The third-order valence-electron chi connectivity index (χ3n) is 2.29. The van der Waals surface area contributed by atoms with Gasteiger partial charge >= 0.3 is 13.5 Å². The Bertz CT molecular complexity index is 634. The number of hydrogen-bond acceptors (Lipinski definition) is 5. The highest BCUT2D eigenvalue weighted by Crippen LogP contribution is 2.49. The van der Waals surface area contributed by atoms with Gasteiger partial charge in [0.1, 0.15) is 5.52 Å². The summed E-state index contributed by atoms with van der Waals surface area (Å²) in [6.07, 6.45) is 0. The molecule has 1 aromatic heterocycles. The van der Waals surface area contributed by atoms with E-state index in [4.69, 9.17) is 13.5 Å². The van der Waals surface area contributed by atoms with Crippen LogP contribution in [-0.4, -0.2) is 17.6 Å². The van der Waals surface area contributed by atoms with E-state index in [2.05, 4.69) is 0 Å². The Morgan fingerprint density at radius 1 is 1.22 bits per heavy atom. The van der Waals surface area contributed by atoms with Crippen molar-refractivity contribution in [2.45, 2.75) is 13.8 Å². The largest absolute Gasteiger partial charge is 0.444 e. The van der Waals surface area contributed by atoms with E-state index < -0.39 is 13.5 Å². The maximum absolute atomic E-state index is 12.6. The Hall–Kier alpha value is -1.36. The predicted molar refractivity (Wildman–Crippen MR) is 66.7 cm³/mol. The molecule has 0 saturated heterocycles. The van der Waals surface area contributed by atoms with Crippen LogP contribution in [0.3, 0.4) is 0 Å². The van der Waals surface area contributed by atoms with Crippen LogP contribution >= 0.6 is 7.75 Å². The summed E-state index contributed by atoms with van der Waals surface area (Å²) in [6.45, 7) is 3.70. The van der Waals surface area contributed by atoms with Crippen LogP contribution in [0.25, 0.3) is 11.1 Å². The molecule has 2 rings (SSSR count). The number of rotatable bonds is 5. The summed E-state index contributed by atoms with van der Waals surface area (Å²) in [5, 5.41) is 0. The average Bonchev–Trinajstić information content (AvgIpc) is 2.66. The summed E-state index contributed by atoms with van der Waals surface area (Å²) in [5.74, 6) is -0.749. The van der Waals surface area contributed by atoms with Crippen molar-refractivity contribution in [2.75, 3.05) is 13.2 Å². The number of aromatic nitrogens is 1. The van der Waals surface area contributed by atoms with Crippen molar-refractivity contribution in [3.63, 3.8) is 0 Å². The summed E-state index contributed by atoms with van der Waals surface area (Å²) in [4.78, 5) is 11.8. The van der Waals surface area contributed by atoms with E-state index in [-0.39, 0.29) is 13.2 Å². The van der Waals surface area contributed by atoms with Gasteiger partial charge < -0.3 is 4.42 Å². The highest BCUT2D eigenvalue weighted by Gasteiger charge is 2.32. The summed E-state index contributed by atoms with van der Waals surface area (Å²) in [7, 11) is -3.70. The molecule has 18 heavy (non-hydrogen) atoms. The topological polar surface area (TPSA) is 70.7 Å². The second-order valence-electron chi connectivity index (χ2n) is 3.45. The Morgan fingerprint density at radius 3 is 2.44 bits per heavy atom. The van der Waals surface area contributed by atoms with Crippen molar-refractivity contribution in [3.05, 3.63) is 34.8 Å². The van der Waals surface area contributed by atoms with Crippen LogP contribution in [0.1, 0.15) is 13.8 Å². The fraction of sp³-hybridized carbons (Fsp3) is 0.364. The van der Waals surface area contributed by atoms with E-state index in [0.717, 1.165) is 4.34 Å². The van der Waals surface area contributed by atoms with Crippen LogP contribution in [0.15, 0.2) is 33.5 Å². The summed E-state index contributed by atoms with van der Waals surface area (Å²) in [5.41, 5.74) is 0.745. The minimum Gasteiger partial charge on any atom is -0.407 e. The highest BCUT2D eigenvalue weighted by atomic mass is 31.2. The van der Waals surface area contributed by atoms with E-state index in [1.54, 1.807) is 38.1 Å². The van der Waals surface area contributed by atoms with E-state index in [1.165, 1.54) is 0 Å². The van der Waals surface area contributed by atoms with Gasteiger partial charge in [0.25, 0.3) is 0 Å². The smallest absolute Gasteiger partial charge is 0.407 e. The summed E-state index contributed by atoms with van der Waals surface area (Å²) < 4.78 is 28.8. The monoisotopic (exact) mass is 271 g/mol. The minimum absolute atomic E-state index is 0.170. The second kappa shape index (κ2) is 5.10. The zero-order valence-corrected chi connectivity index (χ0v) is 11.1. The lowest BCUT2D eigenvalue weighted by atomic mass is 10.3. The Morgan fingerprint density at radius 2 is 1.83 bits per heavy atom. The third kappa shape index (κ3) is 2.14. The Labute approximate surface area is 104 Å². The molecule has 0 spiro atoms. The van der Waals surface area contributed by atoms with Crippen LogP contribution in [-0.2, 0) is 13.6 Å². The molecule has 0 amide bonds. The molecule has 0 radical (unpaired) electrons. The molecule has 0 aliphatic carbocycles. The van der Waals surface area contributed by atoms with Crippen molar-refractivity contribution < 1.29 is 18.0 Å². The molecule has 0 fully saturated rings. The van der Waals surface area contributed by atoms with Gasteiger partial charge in [0.15, 0.2) is 5.58 Å². The van der Waals surface area contributed by atoms with Crippen molar-refractivity contribution in [3.8, 4) is 0 Å². The van der Waals surface area contributed by atoms with Crippen molar-refractivity contribution >= 4 is 18.8 Å². The molecule has 2 aromatic rings. The molecule has 0 aliphatic heterocycles. The minimum atomic E-state index is -3.70. The van der Waals surface area contributed by atoms with Crippen LogP contribution in [0.4, 0.5) is 0 Å². The van der Waals surface area contributed by atoms with Gasteiger partial charge in [-0.05, 0) is 26.0 Å². The number of oxazole rings is 1. The molecule has 0 N–H and O–H groups in total. The fourth-order valence-electron chi connectivity index (χ4n) is 1.67. The van der Waals surface area contributed by atoms with Crippen LogP contribution in [0, 0.1) is 0 Å². The van der Waals surface area contributed by atoms with Crippen molar-refractivity contribution in [1.29, 1.82) is 0 Å². The van der Waals surface area contributed by atoms with E-state index in [9.17, 15) is 9.36 Å². The first kappa shape index (κ1) is 13.1. The molecule has 7 heteroatoms. The van der Waals surface area contributed by atoms with Crippen LogP contribution in [0.5, 0.6) is 0 Å². The summed E-state index contributed by atoms with van der Waals surface area (Å²) in [6, 6.07) is 6.69. The Kier molecular flexibility index (Phi) is 3.71. The SMILES string of the molecule is CCOP(=O)(OCC)n1c(=O)oc2ccccc21. The molecule has 0 unspecified atom stereocenters. The van der Waals surface area contributed by atoms with Gasteiger partial charge in [-0.3, -0.25) is 9.05 Å². The van der Waals surface area contributed by atoms with E-state index >= 15 is 0 Å². The predicted octanol–water partition coefficient (Wildman–Crippen LogP) is 2.62. The number of para-hydroxylation sites is 2. The van der Waals surface area contributed by atoms with Gasteiger partial charge in [-0.25, -0.2) is 9.36 Å². The molecule has 1 heterocycles. The number of nitrogens with zero attached hydrogens (tertiary/aromatic N) is 1. The third-order valence-corrected chi connectivity index (χ3v) is 4.33. The van der Waals surface area contributed by atoms with Gasteiger partial charge in [-0.2, -0.15) is 4.34 Å². The molecule has 1 aromatic carbocycles.